The van der Waals surface area contributed by atoms with E-state index in [0.717, 1.165) is 7.05 Å². The van der Waals surface area contributed by atoms with Gasteiger partial charge in [0.25, 0.3) is 0 Å². The molecule has 1 fully saturated rings. The Morgan fingerprint density at radius 1 is 1.33 bits per heavy atom. The average Bonchev–Trinajstić information content (AvgIpc) is 2.37. The molecule has 0 bridgehead atoms. The number of methoxy groups -OCH3 is 1. The van der Waals surface area contributed by atoms with E-state index < -0.39 is 30.1 Å². The van der Waals surface area contributed by atoms with Crippen LogP contribution < -0.4 is 0 Å². The standard InChI is InChI=1S/C12H19F3N2O4/c1-16(7-12(13,14)15)10(20)17-5-3-11(4-6-17,8-21-2)9(18)19/h3-8H2,1-2H3,(H,18,19). The highest BCUT2D eigenvalue weighted by Gasteiger charge is 2.43. The lowest BCUT2D eigenvalue weighted by molar-refractivity contribution is -0.155. The number of hydrogen-bond donors (Lipinski definition) is 1. The quantitative estimate of drug-likeness (QED) is 0.852. The molecule has 0 aromatic heterocycles. The van der Waals surface area contributed by atoms with Gasteiger partial charge in [-0.2, -0.15) is 13.2 Å². The minimum absolute atomic E-state index is 0.0166. The summed E-state index contributed by atoms with van der Waals surface area (Å²) in [5.41, 5.74) is -1.08. The summed E-state index contributed by atoms with van der Waals surface area (Å²) in [4.78, 5) is 25.0. The van der Waals surface area contributed by atoms with Crippen molar-refractivity contribution in [3.05, 3.63) is 0 Å². The minimum Gasteiger partial charge on any atom is -0.481 e. The second-order valence-corrected chi connectivity index (χ2v) is 5.26. The van der Waals surface area contributed by atoms with Gasteiger partial charge in [-0.05, 0) is 12.8 Å². The van der Waals surface area contributed by atoms with Crippen molar-refractivity contribution in [2.75, 3.05) is 40.4 Å². The number of hydrogen-bond acceptors (Lipinski definition) is 3. The maximum Gasteiger partial charge on any atom is 0.406 e. The lowest BCUT2D eigenvalue weighted by atomic mass is 9.79. The van der Waals surface area contributed by atoms with Gasteiger partial charge in [-0.3, -0.25) is 4.79 Å². The third-order valence-electron chi connectivity index (χ3n) is 3.61. The number of nitrogens with zero attached hydrogens (tertiary/aromatic N) is 2. The first-order valence-corrected chi connectivity index (χ1v) is 6.40. The number of alkyl halides is 3. The fraction of sp³-hybridized carbons (Fsp3) is 0.833. The molecular formula is C12H19F3N2O4. The van der Waals surface area contributed by atoms with Crippen LogP contribution in [0.4, 0.5) is 18.0 Å². The summed E-state index contributed by atoms with van der Waals surface area (Å²) in [5.74, 6) is -1.01. The van der Waals surface area contributed by atoms with E-state index in [1.165, 1.54) is 12.0 Å². The predicted molar refractivity (Wildman–Crippen MR) is 66.8 cm³/mol. The molecular weight excluding hydrogens is 293 g/mol. The van der Waals surface area contributed by atoms with Crippen LogP contribution in [0.1, 0.15) is 12.8 Å². The van der Waals surface area contributed by atoms with Gasteiger partial charge in [-0.25, -0.2) is 4.79 Å². The van der Waals surface area contributed by atoms with E-state index in [-0.39, 0.29) is 32.5 Å². The topological polar surface area (TPSA) is 70.1 Å². The maximum atomic E-state index is 12.3. The summed E-state index contributed by atoms with van der Waals surface area (Å²) >= 11 is 0. The zero-order valence-electron chi connectivity index (χ0n) is 11.9. The highest BCUT2D eigenvalue weighted by Crippen LogP contribution is 2.32. The van der Waals surface area contributed by atoms with Gasteiger partial charge >= 0.3 is 18.2 Å². The molecule has 0 aromatic carbocycles. The Bertz CT molecular complexity index is 392. The number of rotatable bonds is 4. The Hall–Kier alpha value is -1.51. The van der Waals surface area contributed by atoms with Crippen molar-refractivity contribution in [1.82, 2.24) is 9.80 Å². The number of carbonyl (C=O) groups is 2. The van der Waals surface area contributed by atoms with Crippen LogP contribution in [0.25, 0.3) is 0 Å². The maximum absolute atomic E-state index is 12.3. The Labute approximate surface area is 120 Å². The van der Waals surface area contributed by atoms with Crippen LogP contribution in [0, 0.1) is 5.41 Å². The third-order valence-corrected chi connectivity index (χ3v) is 3.61. The number of ether oxygens (including phenoxy) is 1. The van der Waals surface area contributed by atoms with Gasteiger partial charge < -0.3 is 19.6 Å². The molecule has 1 heterocycles. The van der Waals surface area contributed by atoms with E-state index in [1.807, 2.05) is 0 Å². The van der Waals surface area contributed by atoms with Gasteiger partial charge in [0.2, 0.25) is 0 Å². The summed E-state index contributed by atoms with van der Waals surface area (Å²) in [6.07, 6.45) is -4.15. The summed E-state index contributed by atoms with van der Waals surface area (Å²) in [6, 6.07) is -0.747. The van der Waals surface area contributed by atoms with E-state index in [4.69, 9.17) is 4.74 Å². The van der Waals surface area contributed by atoms with E-state index in [0.29, 0.717) is 4.90 Å². The van der Waals surface area contributed by atoms with Crippen molar-refractivity contribution in [1.29, 1.82) is 0 Å². The second-order valence-electron chi connectivity index (χ2n) is 5.26. The summed E-state index contributed by atoms with van der Waals surface area (Å²) in [5, 5.41) is 9.26. The Kier molecular flexibility index (Phi) is 5.43. The number of carboxylic acid groups (broad SMARTS) is 1. The first-order chi connectivity index (χ1) is 9.61. The molecule has 0 spiro atoms. The van der Waals surface area contributed by atoms with Crippen LogP contribution in [0.5, 0.6) is 0 Å². The lowest BCUT2D eigenvalue weighted by Gasteiger charge is -2.39. The molecule has 21 heavy (non-hydrogen) atoms. The Morgan fingerprint density at radius 3 is 2.24 bits per heavy atom. The first-order valence-electron chi connectivity index (χ1n) is 6.40. The number of carboxylic acids is 1. The van der Waals surface area contributed by atoms with Crippen LogP contribution in [0.3, 0.4) is 0 Å². The van der Waals surface area contributed by atoms with Gasteiger partial charge in [0.15, 0.2) is 0 Å². The average molecular weight is 312 g/mol. The highest BCUT2D eigenvalue weighted by atomic mass is 19.4. The molecule has 122 valence electrons. The zero-order chi connectivity index (χ0) is 16.3. The van der Waals surface area contributed by atoms with Crippen molar-refractivity contribution in [2.24, 2.45) is 5.41 Å². The molecule has 6 nitrogen and oxygen atoms in total. The molecule has 1 aliphatic heterocycles. The van der Waals surface area contributed by atoms with Gasteiger partial charge in [0.1, 0.15) is 6.54 Å². The molecule has 1 N–H and O–H groups in total. The molecule has 1 rings (SSSR count). The predicted octanol–water partition coefficient (Wildman–Crippen LogP) is 1.41. The van der Waals surface area contributed by atoms with Crippen LogP contribution >= 0.6 is 0 Å². The number of halogens is 3. The fourth-order valence-corrected chi connectivity index (χ4v) is 2.40. The molecule has 0 atom stereocenters. The molecule has 0 unspecified atom stereocenters. The number of urea groups is 1. The van der Waals surface area contributed by atoms with Crippen molar-refractivity contribution in [2.45, 2.75) is 19.0 Å². The Balaban J connectivity index is 2.63. The summed E-state index contributed by atoms with van der Waals surface area (Å²) < 4.78 is 41.7. The van der Waals surface area contributed by atoms with Crippen LogP contribution in [-0.2, 0) is 9.53 Å². The largest absolute Gasteiger partial charge is 0.481 e. The first kappa shape index (κ1) is 17.5. The van der Waals surface area contributed by atoms with E-state index >= 15 is 0 Å². The normalized spacial score (nSPS) is 18.4. The zero-order valence-corrected chi connectivity index (χ0v) is 11.9. The summed E-state index contributed by atoms with van der Waals surface area (Å²) in [6.45, 7) is -1.12. The molecule has 0 aromatic rings. The van der Waals surface area contributed by atoms with Gasteiger partial charge in [0.05, 0.1) is 12.0 Å². The van der Waals surface area contributed by atoms with E-state index in [2.05, 4.69) is 0 Å². The van der Waals surface area contributed by atoms with E-state index in [9.17, 15) is 27.9 Å². The second kappa shape index (κ2) is 6.50. The fourth-order valence-electron chi connectivity index (χ4n) is 2.40. The number of amides is 2. The summed E-state index contributed by atoms with van der Waals surface area (Å²) in [7, 11) is 2.46. The molecule has 0 aliphatic carbocycles. The van der Waals surface area contributed by atoms with Crippen molar-refractivity contribution in [3.8, 4) is 0 Å². The van der Waals surface area contributed by atoms with Gasteiger partial charge in [-0.1, -0.05) is 0 Å². The van der Waals surface area contributed by atoms with Crippen LogP contribution in [-0.4, -0.2) is 73.5 Å². The monoisotopic (exact) mass is 312 g/mol. The molecule has 1 saturated heterocycles. The smallest absolute Gasteiger partial charge is 0.406 e. The van der Waals surface area contributed by atoms with E-state index in [1.54, 1.807) is 0 Å². The number of likely N-dealkylation sites (tertiary alicyclic amines) is 1. The molecule has 9 heteroatoms. The SMILES string of the molecule is COCC1(C(=O)O)CCN(C(=O)N(C)CC(F)(F)F)CC1. The van der Waals surface area contributed by atoms with Crippen LogP contribution in [0.15, 0.2) is 0 Å². The Morgan fingerprint density at radius 2 is 1.86 bits per heavy atom. The minimum atomic E-state index is -4.46. The molecule has 0 saturated carbocycles. The van der Waals surface area contributed by atoms with Crippen molar-refractivity contribution >= 4 is 12.0 Å². The third kappa shape index (κ3) is 4.48. The molecule has 2 amide bonds. The van der Waals surface area contributed by atoms with Gasteiger partial charge in [-0.15, -0.1) is 0 Å². The highest BCUT2D eigenvalue weighted by molar-refractivity contribution is 5.77. The molecule has 1 aliphatic rings. The van der Waals surface area contributed by atoms with Gasteiger partial charge in [0, 0.05) is 27.2 Å². The van der Waals surface area contributed by atoms with Crippen LogP contribution in [0.2, 0.25) is 0 Å². The number of carbonyl (C=O) groups excluding carboxylic acids is 1. The number of piperidine rings is 1. The van der Waals surface area contributed by atoms with Crippen molar-refractivity contribution in [3.63, 3.8) is 0 Å². The van der Waals surface area contributed by atoms with Crippen molar-refractivity contribution < 1.29 is 32.6 Å². The molecule has 0 radical (unpaired) electrons. The lowest BCUT2D eigenvalue weighted by Crippen LogP contribution is -2.52. The number of aliphatic carboxylic acids is 1.